The molecule has 0 spiro atoms. The highest BCUT2D eigenvalue weighted by Crippen LogP contribution is 2.43. The number of amides is 1. The Labute approximate surface area is 118 Å². The summed E-state index contributed by atoms with van der Waals surface area (Å²) in [4.78, 5) is 15.7. The van der Waals surface area contributed by atoms with E-state index in [0.29, 0.717) is 13.0 Å². The second kappa shape index (κ2) is 4.20. The van der Waals surface area contributed by atoms with Crippen molar-refractivity contribution < 1.29 is 14.6 Å². The van der Waals surface area contributed by atoms with Crippen LogP contribution in [0.3, 0.4) is 0 Å². The van der Waals surface area contributed by atoms with Crippen molar-refractivity contribution in [2.75, 3.05) is 27.7 Å². The lowest BCUT2D eigenvalue weighted by atomic mass is 9.82. The van der Waals surface area contributed by atoms with Gasteiger partial charge >= 0.3 is 0 Å². The van der Waals surface area contributed by atoms with Gasteiger partial charge in [-0.05, 0) is 36.7 Å². The molecule has 5 heteroatoms. The third-order valence-corrected chi connectivity index (χ3v) is 4.64. The van der Waals surface area contributed by atoms with Gasteiger partial charge in [-0.25, -0.2) is 0 Å². The summed E-state index contributed by atoms with van der Waals surface area (Å²) in [6.07, 6.45) is 0.323. The molecule has 3 rings (SSSR count). The van der Waals surface area contributed by atoms with E-state index in [9.17, 15) is 9.90 Å². The number of benzene rings is 1. The van der Waals surface area contributed by atoms with E-state index in [1.807, 2.05) is 26.1 Å². The van der Waals surface area contributed by atoms with Crippen LogP contribution < -0.4 is 4.74 Å². The molecule has 0 aliphatic carbocycles. The molecule has 2 aliphatic heterocycles. The highest BCUT2D eigenvalue weighted by molar-refractivity contribution is 5.86. The first kappa shape index (κ1) is 13.4. The molecule has 2 aliphatic rings. The van der Waals surface area contributed by atoms with Crippen molar-refractivity contribution in [2.45, 2.75) is 25.1 Å². The molecule has 2 bridgehead atoms. The predicted octanol–water partition coefficient (Wildman–Crippen LogP) is 0.693. The van der Waals surface area contributed by atoms with Crippen LogP contribution in [0.1, 0.15) is 22.7 Å². The van der Waals surface area contributed by atoms with E-state index in [-0.39, 0.29) is 11.9 Å². The topological polar surface area (TPSA) is 53.0 Å². The maximum atomic E-state index is 12.3. The molecular weight excluding hydrogens is 256 g/mol. The number of ether oxygens (including phenoxy) is 1. The second-order valence-corrected chi connectivity index (χ2v) is 5.83. The Hall–Kier alpha value is -1.59. The largest absolute Gasteiger partial charge is 0.496 e. The van der Waals surface area contributed by atoms with E-state index in [0.717, 1.165) is 22.4 Å². The van der Waals surface area contributed by atoms with Gasteiger partial charge in [-0.3, -0.25) is 9.69 Å². The van der Waals surface area contributed by atoms with Crippen molar-refractivity contribution in [1.29, 1.82) is 0 Å². The number of likely N-dealkylation sites (N-methyl/N-ethyl adjacent to an activating group) is 2. The molecule has 1 N–H and O–H groups in total. The first-order valence-electron chi connectivity index (χ1n) is 6.76. The van der Waals surface area contributed by atoms with Crippen LogP contribution >= 0.6 is 0 Å². The Morgan fingerprint density at radius 3 is 2.75 bits per heavy atom. The summed E-state index contributed by atoms with van der Waals surface area (Å²) in [6, 6.07) is 4.06. The summed E-state index contributed by atoms with van der Waals surface area (Å²) < 4.78 is 5.40. The first-order chi connectivity index (χ1) is 9.38. The van der Waals surface area contributed by atoms with Gasteiger partial charge in [0.25, 0.3) is 5.91 Å². The standard InChI is InChI=1S/C15H20N2O3/c1-9-5-10-7-15(19)14(18)16(2)8-12(17(15)3)11(10)6-13(9)20-4/h5-6,12,19H,7-8H2,1-4H3/t12-,15+/m0/s1. The first-order valence-corrected chi connectivity index (χ1v) is 6.76. The van der Waals surface area contributed by atoms with Gasteiger partial charge in [-0.1, -0.05) is 6.07 Å². The molecule has 1 saturated heterocycles. The average molecular weight is 276 g/mol. The van der Waals surface area contributed by atoms with Crippen LogP contribution in [0.15, 0.2) is 12.1 Å². The lowest BCUT2D eigenvalue weighted by molar-refractivity contribution is -0.193. The van der Waals surface area contributed by atoms with Crippen molar-refractivity contribution in [3.05, 3.63) is 28.8 Å². The Bertz CT molecular complexity index is 587. The van der Waals surface area contributed by atoms with Crippen molar-refractivity contribution >= 4 is 5.91 Å². The molecule has 1 fully saturated rings. The Balaban J connectivity index is 2.17. The van der Waals surface area contributed by atoms with Gasteiger partial charge in [-0.15, -0.1) is 0 Å². The highest BCUT2D eigenvalue weighted by atomic mass is 16.5. The number of aryl methyl sites for hydroxylation is 1. The van der Waals surface area contributed by atoms with E-state index < -0.39 is 5.72 Å². The van der Waals surface area contributed by atoms with E-state index >= 15 is 0 Å². The predicted molar refractivity (Wildman–Crippen MR) is 74.5 cm³/mol. The smallest absolute Gasteiger partial charge is 0.270 e. The van der Waals surface area contributed by atoms with Gasteiger partial charge < -0.3 is 14.7 Å². The summed E-state index contributed by atoms with van der Waals surface area (Å²) in [7, 11) is 5.21. The van der Waals surface area contributed by atoms with Crippen LogP contribution in [-0.2, 0) is 11.2 Å². The zero-order valence-electron chi connectivity index (χ0n) is 12.3. The van der Waals surface area contributed by atoms with E-state index in [1.165, 1.54) is 0 Å². The minimum atomic E-state index is -1.42. The van der Waals surface area contributed by atoms with Crippen LogP contribution in [0.25, 0.3) is 0 Å². The fraction of sp³-hybridized carbons (Fsp3) is 0.533. The average Bonchev–Trinajstić information content (AvgIpc) is 2.41. The molecule has 2 heterocycles. The lowest BCUT2D eigenvalue weighted by Crippen LogP contribution is -2.67. The van der Waals surface area contributed by atoms with Crippen molar-refractivity contribution in [3.8, 4) is 5.75 Å². The summed E-state index contributed by atoms with van der Waals surface area (Å²) in [5, 5.41) is 10.8. The van der Waals surface area contributed by atoms with Crippen LogP contribution in [-0.4, -0.2) is 54.3 Å². The Morgan fingerprint density at radius 2 is 2.10 bits per heavy atom. The quantitative estimate of drug-likeness (QED) is 0.820. The molecule has 2 atom stereocenters. The molecular formula is C15H20N2O3. The third-order valence-electron chi connectivity index (χ3n) is 4.64. The number of hydrogen-bond donors (Lipinski definition) is 1. The molecule has 0 radical (unpaired) electrons. The molecule has 1 aromatic rings. The summed E-state index contributed by atoms with van der Waals surface area (Å²) in [6.45, 7) is 2.56. The maximum absolute atomic E-state index is 12.3. The molecule has 5 nitrogen and oxygen atoms in total. The third kappa shape index (κ3) is 1.60. The molecule has 20 heavy (non-hydrogen) atoms. The minimum absolute atomic E-state index is 0.000880. The Kier molecular flexibility index (Phi) is 2.81. The van der Waals surface area contributed by atoms with E-state index in [2.05, 4.69) is 0 Å². The van der Waals surface area contributed by atoms with Crippen LogP contribution in [0.4, 0.5) is 0 Å². The SMILES string of the molecule is COc1cc2c(cc1C)C[C@@]1(O)C(=O)N(C)C[C@@H]2N1C. The number of fused-ring (bicyclic) bond motifs is 4. The van der Waals surface area contributed by atoms with Crippen LogP contribution in [0.5, 0.6) is 5.75 Å². The molecule has 1 aromatic carbocycles. The summed E-state index contributed by atoms with van der Waals surface area (Å²) in [5.74, 6) is 0.623. The monoisotopic (exact) mass is 276 g/mol. The normalized spacial score (nSPS) is 29.4. The molecule has 0 saturated carbocycles. The summed E-state index contributed by atoms with van der Waals surface area (Å²) >= 11 is 0. The fourth-order valence-corrected chi connectivity index (χ4v) is 3.40. The molecule has 0 aromatic heterocycles. The number of rotatable bonds is 1. The fourth-order valence-electron chi connectivity index (χ4n) is 3.40. The molecule has 108 valence electrons. The maximum Gasteiger partial charge on any atom is 0.270 e. The van der Waals surface area contributed by atoms with Gasteiger partial charge in [0.1, 0.15) is 5.75 Å². The number of hydrogen-bond acceptors (Lipinski definition) is 4. The van der Waals surface area contributed by atoms with E-state index in [1.54, 1.807) is 24.0 Å². The zero-order valence-corrected chi connectivity index (χ0v) is 12.3. The second-order valence-electron chi connectivity index (χ2n) is 5.83. The van der Waals surface area contributed by atoms with Gasteiger partial charge in [-0.2, -0.15) is 0 Å². The van der Waals surface area contributed by atoms with Crippen LogP contribution in [0.2, 0.25) is 0 Å². The van der Waals surface area contributed by atoms with Crippen molar-refractivity contribution in [2.24, 2.45) is 0 Å². The zero-order chi connectivity index (χ0) is 14.7. The van der Waals surface area contributed by atoms with Crippen molar-refractivity contribution in [3.63, 3.8) is 0 Å². The highest BCUT2D eigenvalue weighted by Gasteiger charge is 2.53. The van der Waals surface area contributed by atoms with Crippen LogP contribution in [0, 0.1) is 6.92 Å². The number of carbonyl (C=O) groups excluding carboxylic acids is 1. The van der Waals surface area contributed by atoms with Crippen molar-refractivity contribution in [1.82, 2.24) is 9.80 Å². The minimum Gasteiger partial charge on any atom is -0.496 e. The van der Waals surface area contributed by atoms with E-state index in [4.69, 9.17) is 4.74 Å². The Morgan fingerprint density at radius 1 is 1.40 bits per heavy atom. The van der Waals surface area contributed by atoms with Gasteiger partial charge in [0, 0.05) is 20.0 Å². The number of methoxy groups -OCH3 is 1. The molecule has 0 unspecified atom stereocenters. The molecule has 1 amide bonds. The van der Waals surface area contributed by atoms with Gasteiger partial charge in [0.05, 0.1) is 13.2 Å². The van der Waals surface area contributed by atoms with Gasteiger partial charge in [0.15, 0.2) is 0 Å². The summed E-state index contributed by atoms with van der Waals surface area (Å²) in [5.41, 5.74) is 1.78. The number of carbonyl (C=O) groups is 1. The number of aliphatic hydroxyl groups is 1. The number of nitrogens with zero attached hydrogens (tertiary/aromatic N) is 2. The number of piperazine rings is 1. The lowest BCUT2D eigenvalue weighted by Gasteiger charge is -2.52. The van der Waals surface area contributed by atoms with Gasteiger partial charge in [0.2, 0.25) is 5.72 Å².